The van der Waals surface area contributed by atoms with Crippen LogP contribution in [0.15, 0.2) is 23.1 Å². The highest BCUT2D eigenvalue weighted by atomic mass is 32.2. The number of hydrogen-bond acceptors (Lipinski definition) is 4. The lowest BCUT2D eigenvalue weighted by molar-refractivity contribution is 0.273. The molecule has 3 nitrogen and oxygen atoms in total. The first-order valence-electron chi connectivity index (χ1n) is 7.66. The number of rotatable bonds is 3. The zero-order chi connectivity index (χ0) is 14.8. The van der Waals surface area contributed by atoms with Crippen molar-refractivity contribution in [2.45, 2.75) is 30.2 Å². The lowest BCUT2D eigenvalue weighted by Crippen LogP contribution is -2.37. The van der Waals surface area contributed by atoms with Gasteiger partial charge in [0, 0.05) is 41.8 Å². The van der Waals surface area contributed by atoms with Gasteiger partial charge in [0.2, 0.25) is 0 Å². The Labute approximate surface area is 136 Å². The molecule has 1 aromatic rings. The highest BCUT2D eigenvalue weighted by molar-refractivity contribution is 7.98. The molecule has 2 aliphatic heterocycles. The van der Waals surface area contributed by atoms with Gasteiger partial charge in [0.15, 0.2) is 0 Å². The van der Waals surface area contributed by atoms with Gasteiger partial charge in [-0.1, -0.05) is 18.3 Å². The fourth-order valence-corrected chi connectivity index (χ4v) is 4.54. The van der Waals surface area contributed by atoms with Crippen LogP contribution in [-0.2, 0) is 0 Å². The first-order chi connectivity index (χ1) is 10.2. The predicted molar refractivity (Wildman–Crippen MR) is 95.5 cm³/mol. The lowest BCUT2D eigenvalue weighted by atomic mass is 10.1. The number of thioether (sulfide) groups is 1. The van der Waals surface area contributed by atoms with Gasteiger partial charge in [-0.05, 0) is 44.2 Å². The minimum Gasteiger partial charge on any atom is -0.389 e. The van der Waals surface area contributed by atoms with Gasteiger partial charge in [0.25, 0.3) is 0 Å². The summed E-state index contributed by atoms with van der Waals surface area (Å²) in [7, 11) is 0. The first-order valence-corrected chi connectivity index (χ1v) is 9.30. The summed E-state index contributed by atoms with van der Waals surface area (Å²) < 4.78 is 0. The molecule has 0 aliphatic carbocycles. The molecule has 0 amide bonds. The first kappa shape index (κ1) is 15.1. The van der Waals surface area contributed by atoms with E-state index in [-0.39, 0.29) is 0 Å². The van der Waals surface area contributed by atoms with E-state index in [0.29, 0.717) is 11.0 Å². The van der Waals surface area contributed by atoms with Gasteiger partial charge in [0.1, 0.15) is 4.99 Å². The Balaban J connectivity index is 1.93. The third kappa shape index (κ3) is 3.05. The standard InChI is InChI=1S/C16H23N3S2/c1-21-14-7-2-6-13(15(14)16(17)20)19-10-4-9-18-8-3-5-12(18)11-19/h2,6-7,12H,3-5,8-11H2,1H3,(H2,17,20). The second-order valence-electron chi connectivity index (χ2n) is 5.85. The normalized spacial score (nSPS) is 22.9. The SMILES string of the molecule is CSc1cccc(N2CCCN3CCCC3C2)c1C(N)=S. The molecule has 2 aliphatic rings. The van der Waals surface area contributed by atoms with Crippen molar-refractivity contribution < 1.29 is 0 Å². The maximum atomic E-state index is 6.02. The van der Waals surface area contributed by atoms with E-state index in [1.165, 1.54) is 42.9 Å². The van der Waals surface area contributed by atoms with Gasteiger partial charge in [-0.3, -0.25) is 4.90 Å². The molecule has 2 heterocycles. The van der Waals surface area contributed by atoms with Gasteiger partial charge in [0.05, 0.1) is 0 Å². The van der Waals surface area contributed by atoms with E-state index in [1.807, 2.05) is 0 Å². The molecule has 2 fully saturated rings. The number of anilines is 1. The second kappa shape index (κ2) is 6.55. The summed E-state index contributed by atoms with van der Waals surface area (Å²) in [5, 5.41) is 0. The summed E-state index contributed by atoms with van der Waals surface area (Å²) >= 11 is 7.05. The summed E-state index contributed by atoms with van der Waals surface area (Å²) in [6.45, 7) is 4.70. The largest absolute Gasteiger partial charge is 0.389 e. The van der Waals surface area contributed by atoms with Gasteiger partial charge in [-0.15, -0.1) is 11.8 Å². The molecule has 2 saturated heterocycles. The minimum atomic E-state index is 0.516. The number of fused-ring (bicyclic) bond motifs is 1. The van der Waals surface area contributed by atoms with Crippen LogP contribution in [-0.4, -0.2) is 48.4 Å². The Kier molecular flexibility index (Phi) is 4.72. The van der Waals surface area contributed by atoms with Gasteiger partial charge < -0.3 is 10.6 Å². The molecule has 0 radical (unpaired) electrons. The second-order valence-corrected chi connectivity index (χ2v) is 7.14. The Bertz CT molecular complexity index is 532. The summed E-state index contributed by atoms with van der Waals surface area (Å²) in [4.78, 5) is 6.86. The molecule has 114 valence electrons. The van der Waals surface area contributed by atoms with Crippen molar-refractivity contribution in [3.63, 3.8) is 0 Å². The van der Waals surface area contributed by atoms with Crippen molar-refractivity contribution in [1.29, 1.82) is 0 Å². The monoisotopic (exact) mass is 321 g/mol. The number of thiocarbonyl (C=S) groups is 1. The van der Waals surface area contributed by atoms with Gasteiger partial charge in [-0.2, -0.15) is 0 Å². The minimum absolute atomic E-state index is 0.516. The molecule has 0 saturated carbocycles. The van der Waals surface area contributed by atoms with E-state index in [9.17, 15) is 0 Å². The third-order valence-corrected chi connectivity index (χ3v) is 5.60. The summed E-state index contributed by atoms with van der Waals surface area (Å²) in [5.41, 5.74) is 8.31. The molecule has 1 unspecified atom stereocenters. The van der Waals surface area contributed by atoms with Crippen LogP contribution in [0.25, 0.3) is 0 Å². The maximum absolute atomic E-state index is 6.02. The molecule has 3 rings (SSSR count). The Morgan fingerprint density at radius 3 is 2.86 bits per heavy atom. The van der Waals surface area contributed by atoms with E-state index < -0.39 is 0 Å². The molecule has 21 heavy (non-hydrogen) atoms. The van der Waals surface area contributed by atoms with Crippen molar-refractivity contribution in [1.82, 2.24) is 4.90 Å². The highest BCUT2D eigenvalue weighted by Gasteiger charge is 2.29. The molecule has 0 bridgehead atoms. The zero-order valence-electron chi connectivity index (χ0n) is 12.5. The average molecular weight is 322 g/mol. The molecule has 1 atom stereocenters. The molecular formula is C16H23N3S2. The fourth-order valence-electron chi connectivity index (χ4n) is 3.63. The van der Waals surface area contributed by atoms with E-state index in [0.717, 1.165) is 18.7 Å². The fraction of sp³-hybridized carbons (Fsp3) is 0.562. The topological polar surface area (TPSA) is 32.5 Å². The molecule has 5 heteroatoms. The van der Waals surface area contributed by atoms with E-state index >= 15 is 0 Å². The van der Waals surface area contributed by atoms with Crippen molar-refractivity contribution >= 4 is 34.7 Å². The highest BCUT2D eigenvalue weighted by Crippen LogP contribution is 2.32. The maximum Gasteiger partial charge on any atom is 0.107 e. The van der Waals surface area contributed by atoms with E-state index in [2.05, 4.69) is 34.3 Å². The zero-order valence-corrected chi connectivity index (χ0v) is 14.2. The van der Waals surface area contributed by atoms with Gasteiger partial charge in [-0.25, -0.2) is 0 Å². The average Bonchev–Trinajstić information content (AvgIpc) is 2.83. The van der Waals surface area contributed by atoms with E-state index in [1.54, 1.807) is 11.8 Å². The predicted octanol–water partition coefficient (Wildman–Crippen LogP) is 2.72. The summed E-state index contributed by atoms with van der Waals surface area (Å²) in [5.74, 6) is 0. The van der Waals surface area contributed by atoms with E-state index in [4.69, 9.17) is 18.0 Å². The quantitative estimate of drug-likeness (QED) is 0.684. The Hall–Kier alpha value is -0.780. The van der Waals surface area contributed by atoms with Crippen LogP contribution in [0.5, 0.6) is 0 Å². The van der Waals surface area contributed by atoms with Crippen molar-refractivity contribution in [3.8, 4) is 0 Å². The van der Waals surface area contributed by atoms with Crippen molar-refractivity contribution in [2.75, 3.05) is 37.3 Å². The Morgan fingerprint density at radius 1 is 1.29 bits per heavy atom. The van der Waals surface area contributed by atoms with Crippen LogP contribution in [0, 0.1) is 0 Å². The number of hydrogen-bond donors (Lipinski definition) is 1. The van der Waals surface area contributed by atoms with Crippen molar-refractivity contribution in [2.24, 2.45) is 5.73 Å². The van der Waals surface area contributed by atoms with Crippen LogP contribution < -0.4 is 10.6 Å². The smallest absolute Gasteiger partial charge is 0.107 e. The lowest BCUT2D eigenvalue weighted by Gasteiger charge is -2.29. The Morgan fingerprint density at radius 2 is 2.10 bits per heavy atom. The third-order valence-electron chi connectivity index (χ3n) is 4.61. The number of nitrogens with zero attached hydrogens (tertiary/aromatic N) is 2. The van der Waals surface area contributed by atoms with Crippen LogP contribution in [0.1, 0.15) is 24.8 Å². The van der Waals surface area contributed by atoms with Crippen LogP contribution >= 0.6 is 24.0 Å². The number of benzene rings is 1. The van der Waals surface area contributed by atoms with Crippen LogP contribution in [0.3, 0.4) is 0 Å². The summed E-state index contributed by atoms with van der Waals surface area (Å²) in [6.07, 6.45) is 5.96. The van der Waals surface area contributed by atoms with Crippen LogP contribution in [0.4, 0.5) is 5.69 Å². The van der Waals surface area contributed by atoms with Crippen molar-refractivity contribution in [3.05, 3.63) is 23.8 Å². The molecule has 2 N–H and O–H groups in total. The number of nitrogens with two attached hydrogens (primary N) is 1. The van der Waals surface area contributed by atoms with Crippen LogP contribution in [0.2, 0.25) is 0 Å². The molecule has 1 aromatic carbocycles. The molecule has 0 aromatic heterocycles. The molecule has 0 spiro atoms. The van der Waals surface area contributed by atoms with Gasteiger partial charge >= 0.3 is 0 Å². The summed E-state index contributed by atoms with van der Waals surface area (Å²) in [6, 6.07) is 7.12. The molecular weight excluding hydrogens is 298 g/mol.